The first-order chi connectivity index (χ1) is 15.9. The van der Waals surface area contributed by atoms with Gasteiger partial charge in [-0.05, 0) is 42.0 Å². The van der Waals surface area contributed by atoms with Gasteiger partial charge in [-0.25, -0.2) is 4.68 Å². The molecule has 1 amide bonds. The SMILES string of the molecule is O=C(O)CC(NC(=O)c1cc(O)n(-c2ccc(Cl)cc2)n1)c1ccc(-c2ccccn2)cc1. The molecule has 0 spiro atoms. The molecular weight excluding hydrogens is 444 g/mol. The number of aromatic nitrogens is 3. The molecule has 0 radical (unpaired) electrons. The number of carboxylic acid groups (broad SMARTS) is 1. The molecule has 2 aromatic carbocycles. The summed E-state index contributed by atoms with van der Waals surface area (Å²) in [4.78, 5) is 28.6. The molecule has 8 nitrogen and oxygen atoms in total. The zero-order chi connectivity index (χ0) is 23.4. The minimum Gasteiger partial charge on any atom is -0.493 e. The predicted molar refractivity (Wildman–Crippen MR) is 122 cm³/mol. The first-order valence-corrected chi connectivity index (χ1v) is 10.4. The highest BCUT2D eigenvalue weighted by Gasteiger charge is 2.22. The fourth-order valence-corrected chi connectivity index (χ4v) is 3.46. The van der Waals surface area contributed by atoms with Crippen molar-refractivity contribution in [2.75, 3.05) is 0 Å². The Labute approximate surface area is 194 Å². The molecule has 4 aromatic rings. The van der Waals surface area contributed by atoms with E-state index < -0.39 is 17.9 Å². The summed E-state index contributed by atoms with van der Waals surface area (Å²) in [6.07, 6.45) is 1.37. The van der Waals surface area contributed by atoms with Gasteiger partial charge in [-0.1, -0.05) is 41.9 Å². The standard InChI is InChI=1S/C24H19ClN4O4/c25-17-8-10-18(11-9-17)29-22(30)13-21(28-29)24(33)27-20(14-23(31)32)16-6-4-15(5-7-16)19-3-1-2-12-26-19/h1-13,20,30H,14H2,(H,27,33)(H,31,32). The number of amides is 1. The number of hydrogen-bond acceptors (Lipinski definition) is 5. The number of halogens is 1. The first-order valence-electron chi connectivity index (χ1n) is 9.99. The summed E-state index contributed by atoms with van der Waals surface area (Å²) in [5.74, 6) is -1.92. The van der Waals surface area contributed by atoms with Gasteiger partial charge < -0.3 is 15.5 Å². The Morgan fingerprint density at radius 2 is 1.76 bits per heavy atom. The Morgan fingerprint density at radius 1 is 1.03 bits per heavy atom. The van der Waals surface area contributed by atoms with E-state index in [0.29, 0.717) is 16.3 Å². The van der Waals surface area contributed by atoms with Crippen molar-refractivity contribution in [1.82, 2.24) is 20.1 Å². The molecule has 0 aliphatic carbocycles. The third-order valence-corrected chi connectivity index (χ3v) is 5.20. The van der Waals surface area contributed by atoms with Gasteiger partial charge in [-0.2, -0.15) is 5.10 Å². The predicted octanol–water partition coefficient (Wildman–Crippen LogP) is 4.24. The number of hydrogen-bond donors (Lipinski definition) is 3. The van der Waals surface area contributed by atoms with Crippen LogP contribution >= 0.6 is 11.6 Å². The van der Waals surface area contributed by atoms with Crippen LogP contribution in [0.4, 0.5) is 0 Å². The minimum atomic E-state index is -1.07. The van der Waals surface area contributed by atoms with Crippen LogP contribution in [0.25, 0.3) is 16.9 Å². The summed E-state index contributed by atoms with van der Waals surface area (Å²) in [5, 5.41) is 26.9. The molecule has 2 heterocycles. The highest BCUT2D eigenvalue weighted by Crippen LogP contribution is 2.24. The molecule has 2 aromatic heterocycles. The van der Waals surface area contributed by atoms with E-state index in [2.05, 4.69) is 15.4 Å². The highest BCUT2D eigenvalue weighted by molar-refractivity contribution is 6.30. The van der Waals surface area contributed by atoms with Crippen molar-refractivity contribution in [2.45, 2.75) is 12.5 Å². The zero-order valence-corrected chi connectivity index (χ0v) is 18.0. The Balaban J connectivity index is 1.55. The van der Waals surface area contributed by atoms with E-state index in [0.717, 1.165) is 11.3 Å². The smallest absolute Gasteiger partial charge is 0.305 e. The van der Waals surface area contributed by atoms with E-state index in [4.69, 9.17) is 11.6 Å². The van der Waals surface area contributed by atoms with Gasteiger partial charge in [0.05, 0.1) is 23.8 Å². The van der Waals surface area contributed by atoms with Gasteiger partial charge in [0.1, 0.15) is 0 Å². The number of nitrogens with one attached hydrogen (secondary N) is 1. The van der Waals surface area contributed by atoms with E-state index in [9.17, 15) is 19.8 Å². The van der Waals surface area contributed by atoms with Gasteiger partial charge in [0.25, 0.3) is 5.91 Å². The van der Waals surface area contributed by atoms with Crippen molar-refractivity contribution in [1.29, 1.82) is 0 Å². The minimum absolute atomic E-state index is 0.0528. The average Bonchev–Trinajstić information content (AvgIpc) is 3.21. The van der Waals surface area contributed by atoms with E-state index >= 15 is 0 Å². The molecule has 1 unspecified atom stereocenters. The van der Waals surface area contributed by atoms with Gasteiger partial charge in [0.2, 0.25) is 5.88 Å². The molecule has 0 aliphatic rings. The monoisotopic (exact) mass is 462 g/mol. The number of carboxylic acids is 1. The van der Waals surface area contributed by atoms with Gasteiger partial charge in [-0.3, -0.25) is 14.6 Å². The molecule has 1 atom stereocenters. The van der Waals surface area contributed by atoms with E-state index in [1.807, 2.05) is 30.3 Å². The van der Waals surface area contributed by atoms with Gasteiger partial charge in [0.15, 0.2) is 5.69 Å². The Bertz CT molecular complexity index is 1270. The van der Waals surface area contributed by atoms with Crippen LogP contribution in [0, 0.1) is 0 Å². The number of benzene rings is 2. The van der Waals surface area contributed by atoms with Gasteiger partial charge in [0, 0.05) is 22.8 Å². The van der Waals surface area contributed by atoms with Crippen LogP contribution in [0.3, 0.4) is 0 Å². The largest absolute Gasteiger partial charge is 0.493 e. The molecule has 166 valence electrons. The van der Waals surface area contributed by atoms with Crippen LogP contribution in [0.15, 0.2) is 79.0 Å². The Morgan fingerprint density at radius 3 is 2.39 bits per heavy atom. The summed E-state index contributed by atoms with van der Waals surface area (Å²) in [7, 11) is 0. The van der Waals surface area contributed by atoms with Crippen LogP contribution in [-0.2, 0) is 4.79 Å². The summed E-state index contributed by atoms with van der Waals surface area (Å²) >= 11 is 5.89. The highest BCUT2D eigenvalue weighted by atomic mass is 35.5. The number of pyridine rings is 1. The third-order valence-electron chi connectivity index (χ3n) is 4.95. The quantitative estimate of drug-likeness (QED) is 0.378. The number of aromatic hydroxyl groups is 1. The lowest BCUT2D eigenvalue weighted by atomic mass is 10.0. The fourth-order valence-electron chi connectivity index (χ4n) is 3.33. The maximum absolute atomic E-state index is 12.8. The third kappa shape index (κ3) is 5.19. The fraction of sp³-hybridized carbons (Fsp3) is 0.0833. The zero-order valence-electron chi connectivity index (χ0n) is 17.2. The summed E-state index contributed by atoms with van der Waals surface area (Å²) in [6.45, 7) is 0. The molecule has 0 fully saturated rings. The van der Waals surface area contributed by atoms with Crippen LogP contribution < -0.4 is 5.32 Å². The Hall–Kier alpha value is -4.17. The molecule has 4 rings (SSSR count). The molecule has 0 saturated heterocycles. The van der Waals surface area contributed by atoms with E-state index in [1.165, 1.54) is 10.7 Å². The molecule has 0 saturated carbocycles. The number of nitrogens with zero attached hydrogens (tertiary/aromatic N) is 3. The van der Waals surface area contributed by atoms with Gasteiger partial charge in [-0.15, -0.1) is 0 Å². The second kappa shape index (κ2) is 9.54. The van der Waals surface area contributed by atoms with Crippen molar-refractivity contribution in [3.05, 3.63) is 95.3 Å². The molecule has 3 N–H and O–H groups in total. The summed E-state index contributed by atoms with van der Waals surface area (Å²) in [6, 6.07) is 19.7. The maximum atomic E-state index is 12.8. The first kappa shape index (κ1) is 22.0. The van der Waals surface area contributed by atoms with Crippen molar-refractivity contribution < 1.29 is 19.8 Å². The summed E-state index contributed by atoms with van der Waals surface area (Å²) in [5.41, 5.74) is 2.73. The Kier molecular flexibility index (Phi) is 6.37. The van der Waals surface area contributed by atoms with Crippen molar-refractivity contribution in [3.63, 3.8) is 0 Å². The lowest BCUT2D eigenvalue weighted by Crippen LogP contribution is -2.30. The molecule has 9 heteroatoms. The summed E-state index contributed by atoms with van der Waals surface area (Å²) < 4.78 is 1.19. The molecular formula is C24H19ClN4O4. The lowest BCUT2D eigenvalue weighted by molar-refractivity contribution is -0.137. The van der Waals surface area contributed by atoms with E-state index in [-0.39, 0.29) is 18.0 Å². The van der Waals surface area contributed by atoms with E-state index in [1.54, 1.807) is 42.6 Å². The second-order valence-electron chi connectivity index (χ2n) is 7.24. The number of rotatable bonds is 7. The molecule has 0 bridgehead atoms. The van der Waals surface area contributed by atoms with Crippen LogP contribution in [0.1, 0.15) is 28.5 Å². The lowest BCUT2D eigenvalue weighted by Gasteiger charge is -2.17. The second-order valence-corrected chi connectivity index (χ2v) is 7.67. The van der Waals surface area contributed by atoms with Crippen LogP contribution in [-0.4, -0.2) is 36.9 Å². The van der Waals surface area contributed by atoms with Crippen LogP contribution in [0.5, 0.6) is 5.88 Å². The van der Waals surface area contributed by atoms with Crippen LogP contribution in [0.2, 0.25) is 5.02 Å². The van der Waals surface area contributed by atoms with Crippen molar-refractivity contribution in [3.8, 4) is 22.8 Å². The van der Waals surface area contributed by atoms with Gasteiger partial charge >= 0.3 is 5.97 Å². The number of aliphatic carboxylic acids is 1. The molecule has 33 heavy (non-hydrogen) atoms. The number of carbonyl (C=O) groups is 2. The maximum Gasteiger partial charge on any atom is 0.305 e. The normalized spacial score (nSPS) is 11.7. The van der Waals surface area contributed by atoms with Crippen molar-refractivity contribution >= 4 is 23.5 Å². The molecule has 0 aliphatic heterocycles. The van der Waals surface area contributed by atoms with Crippen molar-refractivity contribution in [2.24, 2.45) is 0 Å². The topological polar surface area (TPSA) is 117 Å². The number of carbonyl (C=O) groups excluding carboxylic acids is 1. The average molecular weight is 463 g/mol.